The highest BCUT2D eigenvalue weighted by Crippen LogP contribution is 2.19. The van der Waals surface area contributed by atoms with E-state index in [4.69, 9.17) is 16.2 Å². The van der Waals surface area contributed by atoms with Crippen LogP contribution in [0.15, 0.2) is 0 Å². The summed E-state index contributed by atoms with van der Waals surface area (Å²) in [5.74, 6) is -0.694. The molecule has 1 heterocycles. The number of hydrogen-bond acceptors (Lipinski definition) is 4. The molecule has 0 radical (unpaired) electrons. The maximum atomic E-state index is 12.1. The highest BCUT2D eigenvalue weighted by molar-refractivity contribution is 5.87. The summed E-state index contributed by atoms with van der Waals surface area (Å²) in [5, 5.41) is 2.78. The molecule has 0 aliphatic carbocycles. The maximum absolute atomic E-state index is 12.1. The number of rotatable bonds is 4. The zero-order valence-corrected chi connectivity index (χ0v) is 10.4. The smallest absolute Gasteiger partial charge is 0.240 e. The molecule has 0 saturated carbocycles. The number of primary amides is 1. The summed E-state index contributed by atoms with van der Waals surface area (Å²) < 4.78 is 5.18. The maximum Gasteiger partial charge on any atom is 0.240 e. The molecule has 1 rings (SSSR count). The normalized spacial score (nSPS) is 19.7. The molecule has 0 bridgehead atoms. The molecule has 0 spiro atoms. The number of ether oxygens (including phenoxy) is 1. The molecule has 5 N–H and O–H groups in total. The lowest BCUT2D eigenvalue weighted by Crippen LogP contribution is -2.61. The first-order valence-electron chi connectivity index (χ1n) is 5.73. The molecule has 1 aliphatic heterocycles. The second-order valence-electron chi connectivity index (χ2n) is 5.25. The third-order valence-corrected chi connectivity index (χ3v) is 2.91. The first kappa shape index (κ1) is 13.9. The van der Waals surface area contributed by atoms with Gasteiger partial charge in [-0.15, -0.1) is 0 Å². The summed E-state index contributed by atoms with van der Waals surface area (Å²) in [6.45, 7) is 4.47. The Labute approximate surface area is 101 Å². The van der Waals surface area contributed by atoms with Crippen molar-refractivity contribution in [3.8, 4) is 0 Å². The van der Waals surface area contributed by atoms with Crippen LogP contribution < -0.4 is 16.8 Å². The fraction of sp³-hybridized carbons (Fsp3) is 0.818. The van der Waals surface area contributed by atoms with Gasteiger partial charge in [-0.1, -0.05) is 0 Å². The van der Waals surface area contributed by atoms with Gasteiger partial charge in [0.1, 0.15) is 0 Å². The number of carbonyl (C=O) groups excluding carboxylic acids is 2. The Morgan fingerprint density at radius 3 is 2.35 bits per heavy atom. The van der Waals surface area contributed by atoms with Crippen molar-refractivity contribution in [2.75, 3.05) is 13.2 Å². The number of carbonyl (C=O) groups is 2. The molecule has 1 saturated heterocycles. The second kappa shape index (κ2) is 5.01. The van der Waals surface area contributed by atoms with Crippen molar-refractivity contribution >= 4 is 11.8 Å². The Bertz CT molecular complexity index is 309. The minimum absolute atomic E-state index is 0.0886. The molecule has 0 atom stereocenters. The summed E-state index contributed by atoms with van der Waals surface area (Å²) in [7, 11) is 0. The number of hydrogen-bond donors (Lipinski definition) is 3. The molecule has 1 fully saturated rings. The fourth-order valence-electron chi connectivity index (χ4n) is 1.87. The highest BCUT2D eigenvalue weighted by Gasteiger charge is 2.38. The Hall–Kier alpha value is -1.14. The molecule has 6 nitrogen and oxygen atoms in total. The third kappa shape index (κ3) is 3.98. The van der Waals surface area contributed by atoms with Crippen LogP contribution in [0.25, 0.3) is 0 Å². The van der Waals surface area contributed by atoms with E-state index in [1.54, 1.807) is 13.8 Å². The van der Waals surface area contributed by atoms with E-state index in [1.165, 1.54) is 0 Å². The van der Waals surface area contributed by atoms with Gasteiger partial charge < -0.3 is 21.5 Å². The lowest BCUT2D eigenvalue weighted by molar-refractivity contribution is -0.132. The van der Waals surface area contributed by atoms with E-state index in [2.05, 4.69) is 5.32 Å². The van der Waals surface area contributed by atoms with Crippen molar-refractivity contribution in [2.24, 2.45) is 11.5 Å². The standard InChI is InChI=1S/C11H21N3O3/c1-10(2,7-8(12)15)14-9(16)11(13)3-5-17-6-4-11/h3-7,13H2,1-2H3,(H2,12,15)(H,14,16). The van der Waals surface area contributed by atoms with Crippen LogP contribution in [0.4, 0.5) is 0 Å². The van der Waals surface area contributed by atoms with Gasteiger partial charge in [0.2, 0.25) is 11.8 Å². The number of amides is 2. The quantitative estimate of drug-likeness (QED) is 0.604. The molecule has 6 heteroatoms. The Morgan fingerprint density at radius 2 is 1.88 bits per heavy atom. The van der Waals surface area contributed by atoms with E-state index < -0.39 is 17.0 Å². The summed E-state index contributed by atoms with van der Waals surface area (Å²) >= 11 is 0. The zero-order chi connectivity index (χ0) is 13.1. The van der Waals surface area contributed by atoms with E-state index in [-0.39, 0.29) is 12.3 Å². The van der Waals surface area contributed by atoms with Crippen LogP contribution in [0.1, 0.15) is 33.1 Å². The van der Waals surface area contributed by atoms with Crippen molar-refractivity contribution in [1.29, 1.82) is 0 Å². The molecule has 17 heavy (non-hydrogen) atoms. The van der Waals surface area contributed by atoms with Crippen LogP contribution >= 0.6 is 0 Å². The number of nitrogens with one attached hydrogen (secondary N) is 1. The largest absolute Gasteiger partial charge is 0.381 e. The van der Waals surface area contributed by atoms with Crippen LogP contribution in [0, 0.1) is 0 Å². The van der Waals surface area contributed by atoms with Crippen LogP contribution in [0.2, 0.25) is 0 Å². The average molecular weight is 243 g/mol. The summed E-state index contributed by atoms with van der Waals surface area (Å²) in [5.41, 5.74) is 9.59. The number of nitrogens with two attached hydrogens (primary N) is 2. The van der Waals surface area contributed by atoms with Gasteiger partial charge in [-0.2, -0.15) is 0 Å². The van der Waals surface area contributed by atoms with Gasteiger partial charge in [-0.3, -0.25) is 9.59 Å². The van der Waals surface area contributed by atoms with Gasteiger partial charge in [0.25, 0.3) is 0 Å². The molecule has 0 unspecified atom stereocenters. The topological polar surface area (TPSA) is 107 Å². The Kier molecular flexibility index (Phi) is 4.11. The first-order chi connectivity index (χ1) is 7.75. The first-order valence-corrected chi connectivity index (χ1v) is 5.73. The van der Waals surface area contributed by atoms with Crippen molar-refractivity contribution in [3.63, 3.8) is 0 Å². The van der Waals surface area contributed by atoms with E-state index >= 15 is 0 Å². The highest BCUT2D eigenvalue weighted by atomic mass is 16.5. The molecule has 98 valence electrons. The van der Waals surface area contributed by atoms with Gasteiger partial charge in [-0.25, -0.2) is 0 Å². The molecule has 1 aliphatic rings. The van der Waals surface area contributed by atoms with Gasteiger partial charge in [0, 0.05) is 25.2 Å². The minimum Gasteiger partial charge on any atom is -0.381 e. The van der Waals surface area contributed by atoms with Gasteiger partial charge in [-0.05, 0) is 26.7 Å². The molecule has 2 amide bonds. The van der Waals surface area contributed by atoms with Crippen LogP contribution in [0.5, 0.6) is 0 Å². The van der Waals surface area contributed by atoms with Crippen molar-refractivity contribution < 1.29 is 14.3 Å². The van der Waals surface area contributed by atoms with Gasteiger partial charge in [0.05, 0.1) is 5.54 Å². The summed E-state index contributed by atoms with van der Waals surface area (Å²) in [6, 6.07) is 0. The summed E-state index contributed by atoms with van der Waals surface area (Å²) in [4.78, 5) is 22.9. The lowest BCUT2D eigenvalue weighted by Gasteiger charge is -2.35. The van der Waals surface area contributed by atoms with Crippen molar-refractivity contribution in [3.05, 3.63) is 0 Å². The molecule has 0 aromatic heterocycles. The minimum atomic E-state index is -0.896. The monoisotopic (exact) mass is 243 g/mol. The predicted molar refractivity (Wildman–Crippen MR) is 63.0 cm³/mol. The lowest BCUT2D eigenvalue weighted by atomic mass is 9.88. The van der Waals surface area contributed by atoms with Crippen molar-refractivity contribution in [2.45, 2.75) is 44.2 Å². The fourth-order valence-corrected chi connectivity index (χ4v) is 1.87. The zero-order valence-electron chi connectivity index (χ0n) is 10.4. The van der Waals surface area contributed by atoms with E-state index in [1.807, 2.05) is 0 Å². The van der Waals surface area contributed by atoms with E-state index in [9.17, 15) is 9.59 Å². The van der Waals surface area contributed by atoms with Crippen LogP contribution in [-0.2, 0) is 14.3 Å². The Morgan fingerprint density at radius 1 is 1.35 bits per heavy atom. The SMILES string of the molecule is CC(C)(CC(N)=O)NC(=O)C1(N)CCOCC1. The van der Waals surface area contributed by atoms with E-state index in [0.29, 0.717) is 26.1 Å². The molecular formula is C11H21N3O3. The second-order valence-corrected chi connectivity index (χ2v) is 5.25. The van der Waals surface area contributed by atoms with Crippen molar-refractivity contribution in [1.82, 2.24) is 5.32 Å². The molecule has 0 aromatic rings. The molecule has 0 aromatic carbocycles. The average Bonchev–Trinajstić information content (AvgIpc) is 2.15. The third-order valence-electron chi connectivity index (χ3n) is 2.91. The van der Waals surface area contributed by atoms with Gasteiger partial charge in [0.15, 0.2) is 0 Å². The van der Waals surface area contributed by atoms with E-state index in [0.717, 1.165) is 0 Å². The summed E-state index contributed by atoms with van der Waals surface area (Å²) in [6.07, 6.45) is 1.07. The van der Waals surface area contributed by atoms with Gasteiger partial charge >= 0.3 is 0 Å². The van der Waals surface area contributed by atoms with Crippen LogP contribution in [0.3, 0.4) is 0 Å². The molecular weight excluding hydrogens is 222 g/mol. The van der Waals surface area contributed by atoms with Crippen LogP contribution in [-0.4, -0.2) is 36.1 Å². The Balaban J connectivity index is 2.61. The predicted octanol–water partition coefficient (Wildman–Crippen LogP) is -0.735.